The van der Waals surface area contributed by atoms with Crippen molar-refractivity contribution >= 4 is 28.2 Å². The lowest BCUT2D eigenvalue weighted by Crippen LogP contribution is -2.48. The molecule has 0 saturated carbocycles. The summed E-state index contributed by atoms with van der Waals surface area (Å²) in [5.41, 5.74) is 5.67. The highest BCUT2D eigenvalue weighted by molar-refractivity contribution is 7.14. The van der Waals surface area contributed by atoms with Crippen molar-refractivity contribution < 1.29 is 9.59 Å². The molecule has 1 aromatic heterocycles. The largest absolute Gasteiger partial charge is 0.366 e. The standard InChI is InChI=1S/C15H23N3O2S/c1-9-6-10(2)8-18(7-9)11(3)14(20)17-15-12(13(16)19)4-5-21-15/h4-5,9-11H,6-8H2,1-3H3,(H2,16,19)(H,17,20). The van der Waals surface area contributed by atoms with Gasteiger partial charge in [0.25, 0.3) is 5.91 Å². The highest BCUT2D eigenvalue weighted by Gasteiger charge is 2.29. The molecule has 0 radical (unpaired) electrons. The van der Waals surface area contributed by atoms with Crippen LogP contribution < -0.4 is 11.1 Å². The molecule has 0 aromatic carbocycles. The first-order chi connectivity index (χ1) is 9.88. The van der Waals surface area contributed by atoms with E-state index >= 15 is 0 Å². The number of hydrogen-bond acceptors (Lipinski definition) is 4. The van der Waals surface area contributed by atoms with Crippen LogP contribution in [0.25, 0.3) is 0 Å². The van der Waals surface area contributed by atoms with Gasteiger partial charge in [-0.1, -0.05) is 13.8 Å². The van der Waals surface area contributed by atoms with Gasteiger partial charge in [-0.05, 0) is 36.6 Å². The van der Waals surface area contributed by atoms with Gasteiger partial charge in [0.15, 0.2) is 0 Å². The normalized spacial score (nSPS) is 24.5. The zero-order chi connectivity index (χ0) is 15.6. The van der Waals surface area contributed by atoms with Crippen molar-refractivity contribution in [2.45, 2.75) is 33.2 Å². The van der Waals surface area contributed by atoms with Crippen LogP contribution in [0.3, 0.4) is 0 Å². The fraction of sp³-hybridized carbons (Fsp3) is 0.600. The van der Waals surface area contributed by atoms with Gasteiger partial charge in [-0.15, -0.1) is 11.3 Å². The number of likely N-dealkylation sites (tertiary alicyclic amines) is 1. The molecule has 3 N–H and O–H groups in total. The predicted octanol–water partition coefficient (Wildman–Crippen LogP) is 2.15. The number of carbonyl (C=O) groups excluding carboxylic acids is 2. The smallest absolute Gasteiger partial charge is 0.251 e. The molecule has 2 rings (SSSR count). The van der Waals surface area contributed by atoms with E-state index in [1.807, 2.05) is 6.92 Å². The summed E-state index contributed by atoms with van der Waals surface area (Å²) in [5.74, 6) is 0.611. The first-order valence-electron chi connectivity index (χ1n) is 7.30. The molecule has 1 saturated heterocycles. The average Bonchev–Trinajstić information content (AvgIpc) is 2.84. The molecule has 116 valence electrons. The zero-order valence-corrected chi connectivity index (χ0v) is 13.6. The maximum Gasteiger partial charge on any atom is 0.251 e. The van der Waals surface area contributed by atoms with E-state index in [-0.39, 0.29) is 11.9 Å². The van der Waals surface area contributed by atoms with Gasteiger partial charge in [-0.2, -0.15) is 0 Å². The molecule has 3 unspecified atom stereocenters. The van der Waals surface area contributed by atoms with E-state index in [9.17, 15) is 9.59 Å². The highest BCUT2D eigenvalue weighted by Crippen LogP contribution is 2.25. The summed E-state index contributed by atoms with van der Waals surface area (Å²) in [7, 11) is 0. The van der Waals surface area contributed by atoms with E-state index in [0.29, 0.717) is 22.4 Å². The number of nitrogens with zero attached hydrogens (tertiary/aromatic N) is 1. The van der Waals surface area contributed by atoms with E-state index in [1.165, 1.54) is 17.8 Å². The summed E-state index contributed by atoms with van der Waals surface area (Å²) in [6, 6.07) is 1.43. The van der Waals surface area contributed by atoms with E-state index in [0.717, 1.165) is 13.1 Å². The van der Waals surface area contributed by atoms with Crippen molar-refractivity contribution in [2.24, 2.45) is 17.6 Å². The topological polar surface area (TPSA) is 75.4 Å². The average molecular weight is 309 g/mol. The Morgan fingerprint density at radius 3 is 2.57 bits per heavy atom. The molecule has 0 aliphatic carbocycles. The number of nitrogens with one attached hydrogen (secondary N) is 1. The van der Waals surface area contributed by atoms with Crippen molar-refractivity contribution in [3.63, 3.8) is 0 Å². The van der Waals surface area contributed by atoms with Gasteiger partial charge in [0.05, 0.1) is 11.6 Å². The van der Waals surface area contributed by atoms with Crippen LogP contribution in [0.2, 0.25) is 0 Å². The van der Waals surface area contributed by atoms with E-state index in [2.05, 4.69) is 24.1 Å². The van der Waals surface area contributed by atoms with Gasteiger partial charge in [0.1, 0.15) is 5.00 Å². The van der Waals surface area contributed by atoms with E-state index < -0.39 is 5.91 Å². The van der Waals surface area contributed by atoms with Gasteiger partial charge in [0.2, 0.25) is 5.91 Å². The predicted molar refractivity (Wildman–Crippen MR) is 85.4 cm³/mol. The molecule has 1 aliphatic rings. The zero-order valence-electron chi connectivity index (χ0n) is 12.8. The van der Waals surface area contributed by atoms with Crippen molar-refractivity contribution in [1.29, 1.82) is 0 Å². The number of primary amides is 1. The second-order valence-electron chi connectivity index (χ2n) is 6.09. The molecular weight excluding hydrogens is 286 g/mol. The highest BCUT2D eigenvalue weighted by atomic mass is 32.1. The molecule has 1 fully saturated rings. The number of piperidine rings is 1. The molecule has 5 nitrogen and oxygen atoms in total. The minimum absolute atomic E-state index is 0.0822. The molecule has 21 heavy (non-hydrogen) atoms. The molecule has 2 amide bonds. The van der Waals surface area contributed by atoms with Crippen LogP contribution in [0.1, 0.15) is 37.6 Å². The Morgan fingerprint density at radius 2 is 2.00 bits per heavy atom. The SMILES string of the molecule is CC1CC(C)CN(C(C)C(=O)Nc2sccc2C(N)=O)C1. The van der Waals surface area contributed by atoms with Crippen LogP contribution in [-0.2, 0) is 4.79 Å². The Kier molecular flexibility index (Phi) is 5.00. The molecule has 3 atom stereocenters. The van der Waals surface area contributed by atoms with Crippen molar-refractivity contribution in [3.8, 4) is 0 Å². The number of hydrogen-bond donors (Lipinski definition) is 2. The van der Waals surface area contributed by atoms with Crippen LogP contribution in [0.4, 0.5) is 5.00 Å². The van der Waals surface area contributed by atoms with Gasteiger partial charge < -0.3 is 11.1 Å². The Morgan fingerprint density at radius 1 is 1.38 bits per heavy atom. The third-order valence-corrected chi connectivity index (χ3v) is 4.82. The molecule has 1 aromatic rings. The fourth-order valence-corrected chi connectivity index (χ4v) is 3.80. The number of amides is 2. The lowest BCUT2D eigenvalue weighted by atomic mass is 9.91. The maximum absolute atomic E-state index is 12.4. The van der Waals surface area contributed by atoms with Crippen LogP contribution in [0, 0.1) is 11.8 Å². The first kappa shape index (κ1) is 16.0. The summed E-state index contributed by atoms with van der Waals surface area (Å²) in [6.45, 7) is 8.23. The second kappa shape index (κ2) is 6.58. The summed E-state index contributed by atoms with van der Waals surface area (Å²) in [6.07, 6.45) is 1.21. The van der Waals surface area contributed by atoms with Crippen molar-refractivity contribution in [3.05, 3.63) is 17.0 Å². The number of nitrogens with two attached hydrogens (primary N) is 1. The summed E-state index contributed by atoms with van der Waals surface area (Å²) < 4.78 is 0. The number of anilines is 1. The number of rotatable bonds is 4. The second-order valence-corrected chi connectivity index (χ2v) is 7.01. The van der Waals surface area contributed by atoms with E-state index in [4.69, 9.17) is 5.73 Å². The minimum atomic E-state index is -0.514. The minimum Gasteiger partial charge on any atom is -0.366 e. The maximum atomic E-state index is 12.4. The van der Waals surface area contributed by atoms with Gasteiger partial charge in [0, 0.05) is 13.1 Å². The summed E-state index contributed by atoms with van der Waals surface area (Å²) in [5, 5.41) is 5.13. The molecule has 0 bridgehead atoms. The quantitative estimate of drug-likeness (QED) is 0.895. The third-order valence-electron chi connectivity index (χ3n) is 3.99. The lowest BCUT2D eigenvalue weighted by Gasteiger charge is -2.38. The lowest BCUT2D eigenvalue weighted by molar-refractivity contribution is -0.121. The molecule has 2 heterocycles. The number of carbonyl (C=O) groups is 2. The Labute approximate surface area is 129 Å². The van der Waals surface area contributed by atoms with Crippen molar-refractivity contribution in [1.82, 2.24) is 4.90 Å². The van der Waals surface area contributed by atoms with Crippen LogP contribution in [0.15, 0.2) is 11.4 Å². The Bertz CT molecular complexity index is 519. The summed E-state index contributed by atoms with van der Waals surface area (Å²) >= 11 is 1.32. The monoisotopic (exact) mass is 309 g/mol. The van der Waals surface area contributed by atoms with Crippen molar-refractivity contribution in [2.75, 3.05) is 18.4 Å². The third kappa shape index (κ3) is 3.83. The summed E-state index contributed by atoms with van der Waals surface area (Å²) in [4.78, 5) is 25.9. The Balaban J connectivity index is 2.02. The molecule has 1 aliphatic heterocycles. The Hall–Kier alpha value is -1.40. The first-order valence-corrected chi connectivity index (χ1v) is 8.18. The van der Waals surface area contributed by atoms with Crippen LogP contribution in [-0.4, -0.2) is 35.8 Å². The molecule has 0 spiro atoms. The van der Waals surface area contributed by atoms with Crippen LogP contribution >= 0.6 is 11.3 Å². The fourth-order valence-electron chi connectivity index (χ4n) is 3.01. The molecular formula is C15H23N3O2S. The number of thiophene rings is 1. The van der Waals surface area contributed by atoms with Gasteiger partial charge >= 0.3 is 0 Å². The van der Waals surface area contributed by atoms with E-state index in [1.54, 1.807) is 11.4 Å². The van der Waals surface area contributed by atoms with Crippen LogP contribution in [0.5, 0.6) is 0 Å². The van der Waals surface area contributed by atoms with Gasteiger partial charge in [-0.25, -0.2) is 0 Å². The van der Waals surface area contributed by atoms with Gasteiger partial charge in [-0.3, -0.25) is 14.5 Å². The molecule has 6 heteroatoms.